The Hall–Kier alpha value is -3.00. The Balaban J connectivity index is 1.39. The summed E-state index contributed by atoms with van der Waals surface area (Å²) in [5.74, 6) is -0.689. The first-order valence-electron chi connectivity index (χ1n) is 10.7. The van der Waals surface area contributed by atoms with E-state index in [1.165, 1.54) is 21.1 Å². The molecule has 2 aromatic rings. The number of rotatable bonds is 5. The number of thiazole rings is 1. The van der Waals surface area contributed by atoms with Gasteiger partial charge in [-0.25, -0.2) is 9.78 Å². The maximum Gasteiger partial charge on any atom is 0.325 e. The second kappa shape index (κ2) is 7.60. The van der Waals surface area contributed by atoms with Gasteiger partial charge >= 0.3 is 6.03 Å². The number of imide groups is 1. The van der Waals surface area contributed by atoms with Gasteiger partial charge in [0.1, 0.15) is 12.1 Å². The highest BCUT2D eigenvalue weighted by atomic mass is 32.1. The first-order valence-corrected chi connectivity index (χ1v) is 11.5. The normalized spacial score (nSPS) is 21.7. The maximum atomic E-state index is 13.4. The number of nitrogens with zero attached hydrogens (tertiary/aromatic N) is 3. The molecule has 5 rings (SSSR count). The lowest BCUT2D eigenvalue weighted by atomic mass is 9.92. The third kappa shape index (κ3) is 3.17. The molecule has 3 aliphatic rings. The van der Waals surface area contributed by atoms with Crippen molar-refractivity contribution in [3.63, 3.8) is 0 Å². The van der Waals surface area contributed by atoms with Crippen LogP contribution in [0.5, 0.6) is 0 Å². The van der Waals surface area contributed by atoms with Crippen molar-refractivity contribution >= 4 is 34.3 Å². The van der Waals surface area contributed by atoms with Gasteiger partial charge in [0.15, 0.2) is 5.13 Å². The zero-order valence-corrected chi connectivity index (χ0v) is 18.0. The SMILES string of the molecule is C=CCN(C(=O)CN1C(=O)N[C@]2(CCc3ccccc32)C1=O)c1nc2c(s1)CCCC2. The van der Waals surface area contributed by atoms with Gasteiger partial charge in [-0.1, -0.05) is 30.3 Å². The highest BCUT2D eigenvalue weighted by molar-refractivity contribution is 7.16. The number of hydrogen-bond donors (Lipinski definition) is 1. The van der Waals surface area contributed by atoms with Crippen molar-refractivity contribution < 1.29 is 14.4 Å². The topological polar surface area (TPSA) is 82.6 Å². The number of nitrogens with one attached hydrogen (secondary N) is 1. The molecule has 1 aliphatic heterocycles. The molecule has 2 aliphatic carbocycles. The molecule has 0 saturated carbocycles. The Morgan fingerprint density at radius 1 is 1.26 bits per heavy atom. The number of aryl methyl sites for hydroxylation is 3. The number of urea groups is 1. The Labute approximate surface area is 184 Å². The summed E-state index contributed by atoms with van der Waals surface area (Å²) in [6, 6.07) is 7.15. The zero-order valence-electron chi connectivity index (χ0n) is 17.2. The van der Waals surface area contributed by atoms with Gasteiger partial charge in [-0.2, -0.15) is 0 Å². The number of aromatic nitrogens is 1. The van der Waals surface area contributed by atoms with Crippen LogP contribution in [0.3, 0.4) is 0 Å². The molecule has 1 aromatic heterocycles. The van der Waals surface area contributed by atoms with Gasteiger partial charge in [-0.3, -0.25) is 19.4 Å². The molecule has 2 heterocycles. The largest absolute Gasteiger partial charge is 0.325 e. The Morgan fingerprint density at radius 2 is 2.06 bits per heavy atom. The summed E-state index contributed by atoms with van der Waals surface area (Å²) in [5, 5.41) is 3.49. The molecular weight excluding hydrogens is 412 g/mol. The summed E-state index contributed by atoms with van der Waals surface area (Å²) >= 11 is 1.52. The Bertz CT molecular complexity index is 1070. The number of hydrogen-bond acceptors (Lipinski definition) is 5. The van der Waals surface area contributed by atoms with Gasteiger partial charge in [0.2, 0.25) is 5.91 Å². The standard InChI is InChI=1S/C23H24N4O3S/c1-2-13-26(22-24-17-9-5-6-10-18(17)31-22)19(28)14-27-20(29)23(25-21(27)30)12-11-15-7-3-4-8-16(15)23/h2-4,7-8H,1,5-6,9-14H2,(H,25,30)/t23-/m0/s1. The van der Waals surface area contributed by atoms with Crippen molar-refractivity contribution in [3.05, 3.63) is 58.6 Å². The number of carbonyl (C=O) groups excluding carboxylic acids is 3. The van der Waals surface area contributed by atoms with Crippen molar-refractivity contribution in [1.82, 2.24) is 15.2 Å². The average molecular weight is 437 g/mol. The maximum absolute atomic E-state index is 13.4. The van der Waals surface area contributed by atoms with Gasteiger partial charge in [-0.15, -0.1) is 17.9 Å². The number of anilines is 1. The van der Waals surface area contributed by atoms with Crippen LogP contribution >= 0.6 is 11.3 Å². The molecule has 1 spiro atoms. The van der Waals surface area contributed by atoms with E-state index in [0.717, 1.165) is 53.8 Å². The highest BCUT2D eigenvalue weighted by Crippen LogP contribution is 2.41. The monoisotopic (exact) mass is 436 g/mol. The second-order valence-corrected chi connectivity index (χ2v) is 9.31. The van der Waals surface area contributed by atoms with Crippen LogP contribution in [0.4, 0.5) is 9.93 Å². The van der Waals surface area contributed by atoms with Crippen LogP contribution in [0.2, 0.25) is 0 Å². The Kier molecular flexibility index (Phi) is 4.89. The van der Waals surface area contributed by atoms with E-state index in [2.05, 4.69) is 16.9 Å². The quantitative estimate of drug-likeness (QED) is 0.577. The van der Waals surface area contributed by atoms with Crippen molar-refractivity contribution in [1.29, 1.82) is 0 Å². The third-order valence-corrected chi connectivity index (χ3v) is 7.57. The summed E-state index contributed by atoms with van der Waals surface area (Å²) in [4.78, 5) is 47.8. The number of benzene rings is 1. The summed E-state index contributed by atoms with van der Waals surface area (Å²) in [6.07, 6.45) is 7.02. The molecule has 1 N–H and O–H groups in total. The highest BCUT2D eigenvalue weighted by Gasteiger charge is 2.55. The van der Waals surface area contributed by atoms with Crippen LogP contribution in [0.15, 0.2) is 36.9 Å². The van der Waals surface area contributed by atoms with Crippen molar-refractivity contribution in [2.75, 3.05) is 18.0 Å². The lowest BCUT2D eigenvalue weighted by molar-refractivity contribution is -0.134. The van der Waals surface area contributed by atoms with Gasteiger partial charge in [-0.05, 0) is 49.7 Å². The minimum Gasteiger partial charge on any atom is -0.319 e. The molecular formula is C23H24N4O3S. The van der Waals surface area contributed by atoms with E-state index in [0.29, 0.717) is 11.6 Å². The summed E-state index contributed by atoms with van der Waals surface area (Å²) in [6.45, 7) is 3.73. The van der Waals surface area contributed by atoms with Crippen LogP contribution in [-0.2, 0) is 34.4 Å². The molecule has 4 amide bonds. The van der Waals surface area contributed by atoms with E-state index in [1.54, 1.807) is 6.08 Å². The first kappa shape index (κ1) is 19.9. The molecule has 7 nitrogen and oxygen atoms in total. The van der Waals surface area contributed by atoms with Crippen molar-refractivity contribution in [2.45, 2.75) is 44.1 Å². The predicted molar refractivity (Wildman–Crippen MR) is 118 cm³/mol. The first-order chi connectivity index (χ1) is 15.0. The van der Waals surface area contributed by atoms with Crippen molar-refractivity contribution in [3.8, 4) is 0 Å². The fraction of sp³-hybridized carbons (Fsp3) is 0.391. The third-order valence-electron chi connectivity index (χ3n) is 6.39. The molecule has 0 unspecified atom stereocenters. The van der Waals surface area contributed by atoms with Crippen LogP contribution in [0.25, 0.3) is 0 Å². The number of amides is 4. The van der Waals surface area contributed by atoms with Crippen LogP contribution in [-0.4, -0.2) is 40.8 Å². The molecule has 0 bridgehead atoms. The molecule has 8 heteroatoms. The van der Waals surface area contributed by atoms with Gasteiger partial charge in [0, 0.05) is 11.4 Å². The van der Waals surface area contributed by atoms with E-state index in [1.807, 2.05) is 24.3 Å². The van der Waals surface area contributed by atoms with E-state index < -0.39 is 11.6 Å². The molecule has 1 saturated heterocycles. The second-order valence-electron chi connectivity index (χ2n) is 8.25. The average Bonchev–Trinajstić information content (AvgIpc) is 3.43. The predicted octanol–water partition coefficient (Wildman–Crippen LogP) is 2.93. The summed E-state index contributed by atoms with van der Waals surface area (Å²) < 4.78 is 0. The fourth-order valence-corrected chi connectivity index (χ4v) is 6.00. The molecule has 1 aromatic carbocycles. The summed E-state index contributed by atoms with van der Waals surface area (Å²) in [5.41, 5.74) is 1.90. The van der Waals surface area contributed by atoms with Gasteiger partial charge in [0.25, 0.3) is 5.91 Å². The zero-order chi connectivity index (χ0) is 21.6. The van der Waals surface area contributed by atoms with Gasteiger partial charge < -0.3 is 5.32 Å². The lowest BCUT2D eigenvalue weighted by Gasteiger charge is -2.23. The van der Waals surface area contributed by atoms with E-state index in [9.17, 15) is 14.4 Å². The van der Waals surface area contributed by atoms with Crippen LogP contribution in [0.1, 0.15) is 41.0 Å². The molecule has 0 radical (unpaired) electrons. The van der Waals surface area contributed by atoms with E-state index in [-0.39, 0.29) is 24.9 Å². The molecule has 1 atom stereocenters. The minimum atomic E-state index is -1.06. The van der Waals surface area contributed by atoms with E-state index in [4.69, 9.17) is 0 Å². The van der Waals surface area contributed by atoms with Crippen molar-refractivity contribution in [2.24, 2.45) is 0 Å². The smallest absolute Gasteiger partial charge is 0.319 e. The number of fused-ring (bicyclic) bond motifs is 3. The fourth-order valence-electron chi connectivity index (χ4n) is 4.82. The van der Waals surface area contributed by atoms with E-state index >= 15 is 0 Å². The molecule has 1 fully saturated rings. The molecule has 160 valence electrons. The minimum absolute atomic E-state index is 0.281. The van der Waals surface area contributed by atoms with Crippen LogP contribution < -0.4 is 10.2 Å². The Morgan fingerprint density at radius 3 is 2.87 bits per heavy atom. The number of carbonyl (C=O) groups is 3. The van der Waals surface area contributed by atoms with Gasteiger partial charge in [0.05, 0.1) is 5.69 Å². The summed E-state index contributed by atoms with van der Waals surface area (Å²) in [7, 11) is 0. The van der Waals surface area contributed by atoms with Crippen LogP contribution in [0, 0.1) is 0 Å². The lowest BCUT2D eigenvalue weighted by Crippen LogP contribution is -2.45. The molecule has 31 heavy (non-hydrogen) atoms.